The Balaban J connectivity index is 1.44. The zero-order valence-corrected chi connectivity index (χ0v) is 16.2. The Labute approximate surface area is 163 Å². The summed E-state index contributed by atoms with van der Waals surface area (Å²) in [6.45, 7) is 4.23. The second-order valence-electron chi connectivity index (χ2n) is 6.70. The van der Waals surface area contributed by atoms with Crippen LogP contribution in [-0.4, -0.2) is 30.6 Å². The number of piperidine rings is 1. The number of rotatable bonds is 5. The van der Waals surface area contributed by atoms with Gasteiger partial charge in [0.2, 0.25) is 5.91 Å². The van der Waals surface area contributed by atoms with E-state index in [9.17, 15) is 4.79 Å². The summed E-state index contributed by atoms with van der Waals surface area (Å²) in [5.74, 6) is 1.84. The standard InChI is InChI=1S/C21H23N3O2S/c1-2-26-17-7-5-16(6-8-17)23-21(25)15-4-3-12-24(14-15)20-18-10-13-27-19(18)9-11-22-20/h5-11,13,15H,2-4,12,14H2,1H3,(H,23,25)/t15-/m0/s1. The molecule has 1 atom stereocenters. The van der Waals surface area contributed by atoms with Crippen molar-refractivity contribution in [1.82, 2.24) is 4.98 Å². The van der Waals surface area contributed by atoms with Crippen molar-refractivity contribution < 1.29 is 9.53 Å². The number of fused-ring (bicyclic) bond motifs is 1. The van der Waals surface area contributed by atoms with E-state index >= 15 is 0 Å². The molecule has 0 saturated carbocycles. The van der Waals surface area contributed by atoms with Crippen molar-refractivity contribution in [3.8, 4) is 5.75 Å². The van der Waals surface area contributed by atoms with Gasteiger partial charge in [-0.05, 0) is 61.5 Å². The Morgan fingerprint density at radius 2 is 2.15 bits per heavy atom. The van der Waals surface area contributed by atoms with Gasteiger partial charge in [-0.2, -0.15) is 0 Å². The fraction of sp³-hybridized carbons (Fsp3) is 0.333. The molecular weight excluding hydrogens is 358 g/mol. The molecule has 3 aromatic rings. The monoisotopic (exact) mass is 381 g/mol. The minimum absolute atomic E-state index is 0.0407. The number of anilines is 2. The number of nitrogens with zero attached hydrogens (tertiary/aromatic N) is 2. The summed E-state index contributed by atoms with van der Waals surface area (Å²) in [6, 6.07) is 11.7. The molecule has 1 saturated heterocycles. The van der Waals surface area contributed by atoms with Crippen LogP contribution in [0.1, 0.15) is 19.8 Å². The van der Waals surface area contributed by atoms with E-state index in [0.717, 1.165) is 36.6 Å². The second kappa shape index (κ2) is 7.96. The number of ether oxygens (including phenoxy) is 1. The van der Waals surface area contributed by atoms with Crippen molar-refractivity contribution in [2.24, 2.45) is 5.92 Å². The van der Waals surface area contributed by atoms with Crippen LogP contribution in [0.25, 0.3) is 10.1 Å². The van der Waals surface area contributed by atoms with Crippen molar-refractivity contribution in [3.63, 3.8) is 0 Å². The normalized spacial score (nSPS) is 17.1. The van der Waals surface area contributed by atoms with Crippen LogP contribution in [0.15, 0.2) is 48.0 Å². The molecule has 140 valence electrons. The maximum atomic E-state index is 12.8. The van der Waals surface area contributed by atoms with Crippen LogP contribution in [0.5, 0.6) is 5.75 Å². The lowest BCUT2D eigenvalue weighted by Gasteiger charge is -2.33. The number of thiophene rings is 1. The lowest BCUT2D eigenvalue weighted by Crippen LogP contribution is -2.41. The summed E-state index contributed by atoms with van der Waals surface area (Å²) in [5.41, 5.74) is 0.804. The molecule has 2 aromatic heterocycles. The van der Waals surface area contributed by atoms with E-state index in [-0.39, 0.29) is 11.8 Å². The quantitative estimate of drug-likeness (QED) is 0.704. The van der Waals surface area contributed by atoms with Gasteiger partial charge in [0.05, 0.1) is 12.5 Å². The molecule has 1 N–H and O–H groups in total. The highest BCUT2D eigenvalue weighted by Gasteiger charge is 2.27. The number of hydrogen-bond donors (Lipinski definition) is 1. The lowest BCUT2D eigenvalue weighted by atomic mass is 9.96. The third-order valence-electron chi connectivity index (χ3n) is 4.88. The van der Waals surface area contributed by atoms with Crippen molar-refractivity contribution >= 4 is 38.8 Å². The Morgan fingerprint density at radius 1 is 1.30 bits per heavy atom. The lowest BCUT2D eigenvalue weighted by molar-refractivity contribution is -0.120. The first-order valence-electron chi connectivity index (χ1n) is 9.35. The third kappa shape index (κ3) is 3.90. The fourth-order valence-electron chi connectivity index (χ4n) is 3.56. The molecule has 6 heteroatoms. The van der Waals surface area contributed by atoms with Crippen LogP contribution >= 0.6 is 11.3 Å². The maximum absolute atomic E-state index is 12.8. The van der Waals surface area contributed by atoms with E-state index in [1.165, 1.54) is 10.1 Å². The van der Waals surface area contributed by atoms with Gasteiger partial charge >= 0.3 is 0 Å². The van der Waals surface area contributed by atoms with E-state index in [4.69, 9.17) is 4.74 Å². The SMILES string of the molecule is CCOc1ccc(NC(=O)[C@H]2CCCN(c3nccc4sccc34)C2)cc1. The van der Waals surface area contributed by atoms with Gasteiger partial charge in [-0.3, -0.25) is 4.79 Å². The van der Waals surface area contributed by atoms with E-state index in [2.05, 4.69) is 26.6 Å². The molecular formula is C21H23N3O2S. The van der Waals surface area contributed by atoms with Gasteiger partial charge in [-0.1, -0.05) is 0 Å². The Hall–Kier alpha value is -2.60. The Kier molecular flexibility index (Phi) is 5.25. The van der Waals surface area contributed by atoms with Gasteiger partial charge < -0.3 is 15.0 Å². The smallest absolute Gasteiger partial charge is 0.229 e. The van der Waals surface area contributed by atoms with Gasteiger partial charge in [0.15, 0.2) is 0 Å². The molecule has 4 rings (SSSR count). The summed E-state index contributed by atoms with van der Waals surface area (Å²) in [4.78, 5) is 19.6. The summed E-state index contributed by atoms with van der Waals surface area (Å²) in [7, 11) is 0. The van der Waals surface area contributed by atoms with Crippen LogP contribution in [0.2, 0.25) is 0 Å². The summed E-state index contributed by atoms with van der Waals surface area (Å²) in [6.07, 6.45) is 3.75. The predicted octanol–water partition coefficient (Wildman–Crippen LogP) is 4.55. The highest BCUT2D eigenvalue weighted by molar-refractivity contribution is 7.17. The first-order chi connectivity index (χ1) is 13.2. The highest BCUT2D eigenvalue weighted by Crippen LogP contribution is 2.31. The number of amides is 1. The minimum atomic E-state index is -0.0407. The molecule has 1 amide bonds. The van der Waals surface area contributed by atoms with E-state index in [0.29, 0.717) is 13.2 Å². The van der Waals surface area contributed by atoms with E-state index < -0.39 is 0 Å². The topological polar surface area (TPSA) is 54.5 Å². The van der Waals surface area contributed by atoms with Crippen LogP contribution < -0.4 is 15.0 Å². The summed E-state index contributed by atoms with van der Waals surface area (Å²) in [5, 5.41) is 6.31. The number of aromatic nitrogens is 1. The van der Waals surface area contributed by atoms with Crippen molar-refractivity contribution in [1.29, 1.82) is 0 Å². The van der Waals surface area contributed by atoms with Crippen LogP contribution in [0, 0.1) is 5.92 Å². The third-order valence-corrected chi connectivity index (χ3v) is 5.77. The van der Waals surface area contributed by atoms with Crippen molar-refractivity contribution in [3.05, 3.63) is 48.0 Å². The molecule has 1 fully saturated rings. The van der Waals surface area contributed by atoms with Gasteiger partial charge in [0.1, 0.15) is 11.6 Å². The molecule has 0 spiro atoms. The summed E-state index contributed by atoms with van der Waals surface area (Å²) < 4.78 is 6.69. The van der Waals surface area contributed by atoms with Crippen LogP contribution in [-0.2, 0) is 4.79 Å². The molecule has 3 heterocycles. The molecule has 0 bridgehead atoms. The van der Waals surface area contributed by atoms with Crippen molar-refractivity contribution in [2.45, 2.75) is 19.8 Å². The molecule has 0 unspecified atom stereocenters. The zero-order valence-electron chi connectivity index (χ0n) is 15.4. The van der Waals surface area contributed by atoms with Crippen LogP contribution in [0.4, 0.5) is 11.5 Å². The first-order valence-corrected chi connectivity index (χ1v) is 10.2. The number of benzene rings is 1. The second-order valence-corrected chi connectivity index (χ2v) is 7.65. The van der Waals surface area contributed by atoms with Gasteiger partial charge in [0.25, 0.3) is 0 Å². The number of nitrogens with one attached hydrogen (secondary N) is 1. The Bertz CT molecular complexity index is 923. The van der Waals surface area contributed by atoms with Gasteiger partial charge in [-0.25, -0.2) is 4.98 Å². The molecule has 0 aliphatic carbocycles. The average Bonchev–Trinajstić information content (AvgIpc) is 3.19. The minimum Gasteiger partial charge on any atom is -0.494 e. The number of hydrogen-bond acceptors (Lipinski definition) is 5. The van der Waals surface area contributed by atoms with E-state index in [1.54, 1.807) is 11.3 Å². The van der Waals surface area contributed by atoms with E-state index in [1.807, 2.05) is 43.5 Å². The molecule has 1 aromatic carbocycles. The highest BCUT2D eigenvalue weighted by atomic mass is 32.1. The zero-order chi connectivity index (χ0) is 18.6. The fourth-order valence-corrected chi connectivity index (χ4v) is 4.34. The Morgan fingerprint density at radius 3 is 2.96 bits per heavy atom. The number of carbonyl (C=O) groups excluding carboxylic acids is 1. The molecule has 5 nitrogen and oxygen atoms in total. The van der Waals surface area contributed by atoms with Crippen molar-refractivity contribution in [2.75, 3.05) is 29.9 Å². The van der Waals surface area contributed by atoms with Gasteiger partial charge in [0, 0.05) is 35.1 Å². The number of carbonyl (C=O) groups is 1. The maximum Gasteiger partial charge on any atom is 0.229 e. The van der Waals surface area contributed by atoms with Crippen LogP contribution in [0.3, 0.4) is 0 Å². The number of pyridine rings is 1. The molecule has 1 aliphatic heterocycles. The average molecular weight is 382 g/mol. The predicted molar refractivity (Wildman–Crippen MR) is 111 cm³/mol. The molecule has 1 aliphatic rings. The van der Waals surface area contributed by atoms with Gasteiger partial charge in [-0.15, -0.1) is 11.3 Å². The first kappa shape index (κ1) is 17.8. The molecule has 0 radical (unpaired) electrons. The molecule has 27 heavy (non-hydrogen) atoms. The summed E-state index contributed by atoms with van der Waals surface area (Å²) >= 11 is 1.72. The largest absolute Gasteiger partial charge is 0.494 e.